The Kier molecular flexibility index (Phi) is 5.36. The third-order valence-electron chi connectivity index (χ3n) is 2.85. The molecule has 0 aliphatic rings. The fourth-order valence-electron chi connectivity index (χ4n) is 1.86. The number of aryl methyl sites for hydroxylation is 2. The number of rotatable bonds is 7. The van der Waals surface area contributed by atoms with Crippen molar-refractivity contribution in [3.8, 4) is 0 Å². The van der Waals surface area contributed by atoms with Crippen molar-refractivity contribution in [1.29, 1.82) is 0 Å². The average molecular weight is 299 g/mol. The van der Waals surface area contributed by atoms with E-state index in [-0.39, 0.29) is 0 Å². The van der Waals surface area contributed by atoms with Gasteiger partial charge in [0, 0.05) is 30.8 Å². The number of aromatic nitrogens is 3. The normalized spacial score (nSPS) is 11.1. The van der Waals surface area contributed by atoms with Crippen molar-refractivity contribution in [3.05, 3.63) is 33.0 Å². The first-order valence-corrected chi connectivity index (χ1v) is 7.80. The summed E-state index contributed by atoms with van der Waals surface area (Å²) >= 11 is 7.51. The van der Waals surface area contributed by atoms with Crippen molar-refractivity contribution in [3.63, 3.8) is 0 Å². The Morgan fingerprint density at radius 3 is 2.79 bits per heavy atom. The zero-order valence-electron chi connectivity index (χ0n) is 11.3. The van der Waals surface area contributed by atoms with E-state index < -0.39 is 0 Å². The van der Waals surface area contributed by atoms with Gasteiger partial charge in [0.25, 0.3) is 0 Å². The number of hydrogen-bond acceptors (Lipinski definition) is 4. The number of thiophene rings is 1. The number of halogens is 1. The molecule has 0 aliphatic heterocycles. The highest BCUT2D eigenvalue weighted by Crippen LogP contribution is 2.20. The van der Waals surface area contributed by atoms with E-state index in [0.29, 0.717) is 0 Å². The zero-order valence-corrected chi connectivity index (χ0v) is 12.9. The van der Waals surface area contributed by atoms with Crippen LogP contribution in [-0.2, 0) is 25.9 Å². The van der Waals surface area contributed by atoms with E-state index in [2.05, 4.69) is 35.3 Å². The SMILES string of the molecule is CCc1nc(CC)n(CCNCc2ccc(Cl)s2)n1. The fraction of sp³-hybridized carbons (Fsp3) is 0.538. The maximum Gasteiger partial charge on any atom is 0.150 e. The molecule has 2 rings (SSSR count). The molecule has 0 amide bonds. The molecule has 6 heteroatoms. The van der Waals surface area contributed by atoms with Crippen LogP contribution >= 0.6 is 22.9 Å². The Labute approximate surface area is 122 Å². The summed E-state index contributed by atoms with van der Waals surface area (Å²) in [5.74, 6) is 2.00. The third kappa shape index (κ3) is 4.03. The molecular formula is C13H19ClN4S. The van der Waals surface area contributed by atoms with Crippen LogP contribution < -0.4 is 5.32 Å². The van der Waals surface area contributed by atoms with Gasteiger partial charge in [0.15, 0.2) is 5.82 Å². The van der Waals surface area contributed by atoms with Crippen LogP contribution in [-0.4, -0.2) is 21.3 Å². The van der Waals surface area contributed by atoms with E-state index in [0.717, 1.165) is 48.5 Å². The molecule has 0 saturated carbocycles. The van der Waals surface area contributed by atoms with Gasteiger partial charge in [-0.3, -0.25) is 0 Å². The summed E-state index contributed by atoms with van der Waals surface area (Å²) in [7, 11) is 0. The minimum absolute atomic E-state index is 0.842. The lowest BCUT2D eigenvalue weighted by Gasteiger charge is -2.05. The summed E-state index contributed by atoms with van der Waals surface area (Å²) in [4.78, 5) is 5.75. The topological polar surface area (TPSA) is 42.7 Å². The van der Waals surface area contributed by atoms with Crippen molar-refractivity contribution >= 4 is 22.9 Å². The van der Waals surface area contributed by atoms with Gasteiger partial charge < -0.3 is 5.32 Å². The predicted molar refractivity (Wildman–Crippen MR) is 79.8 cm³/mol. The van der Waals surface area contributed by atoms with Crippen LogP contribution in [0.25, 0.3) is 0 Å². The fourth-order valence-corrected chi connectivity index (χ4v) is 2.92. The minimum atomic E-state index is 0.842. The van der Waals surface area contributed by atoms with Crippen molar-refractivity contribution in [2.75, 3.05) is 6.54 Å². The average Bonchev–Trinajstić information content (AvgIpc) is 3.00. The molecule has 0 radical (unpaired) electrons. The Hall–Kier alpha value is -0.910. The molecule has 4 nitrogen and oxygen atoms in total. The van der Waals surface area contributed by atoms with Crippen molar-refractivity contribution in [2.45, 2.75) is 39.8 Å². The van der Waals surface area contributed by atoms with Gasteiger partial charge in [-0.15, -0.1) is 11.3 Å². The van der Waals surface area contributed by atoms with E-state index in [1.54, 1.807) is 11.3 Å². The van der Waals surface area contributed by atoms with Crippen molar-refractivity contribution in [2.24, 2.45) is 0 Å². The molecule has 0 saturated heterocycles. The molecule has 2 heterocycles. The second kappa shape index (κ2) is 7.03. The molecule has 0 atom stereocenters. The Balaban J connectivity index is 1.80. The quantitative estimate of drug-likeness (QED) is 0.799. The predicted octanol–water partition coefficient (Wildman–Crippen LogP) is 2.91. The summed E-state index contributed by atoms with van der Waals surface area (Å²) in [5, 5.41) is 7.90. The first kappa shape index (κ1) is 14.5. The summed E-state index contributed by atoms with van der Waals surface area (Å²) in [5.41, 5.74) is 0. The molecule has 2 aromatic heterocycles. The second-order valence-corrected chi connectivity index (χ2v) is 6.06. The van der Waals surface area contributed by atoms with Gasteiger partial charge in [0.1, 0.15) is 5.82 Å². The van der Waals surface area contributed by atoms with E-state index in [1.165, 1.54) is 4.88 Å². The Morgan fingerprint density at radius 1 is 1.32 bits per heavy atom. The highest BCUT2D eigenvalue weighted by molar-refractivity contribution is 7.16. The molecule has 0 aromatic carbocycles. The van der Waals surface area contributed by atoms with Crippen LogP contribution in [0.4, 0.5) is 0 Å². The summed E-state index contributed by atoms with van der Waals surface area (Å²) in [6, 6.07) is 3.99. The molecule has 0 unspecified atom stereocenters. The van der Waals surface area contributed by atoms with E-state index in [4.69, 9.17) is 11.6 Å². The van der Waals surface area contributed by atoms with E-state index >= 15 is 0 Å². The zero-order chi connectivity index (χ0) is 13.7. The van der Waals surface area contributed by atoms with Crippen LogP contribution in [0.2, 0.25) is 4.34 Å². The van der Waals surface area contributed by atoms with Crippen molar-refractivity contribution < 1.29 is 0 Å². The molecule has 104 valence electrons. The molecule has 0 aliphatic carbocycles. The first-order chi connectivity index (χ1) is 9.22. The van der Waals surface area contributed by atoms with Crippen molar-refractivity contribution in [1.82, 2.24) is 20.1 Å². The number of hydrogen-bond donors (Lipinski definition) is 1. The van der Waals surface area contributed by atoms with Gasteiger partial charge in [0.2, 0.25) is 0 Å². The summed E-state index contributed by atoms with van der Waals surface area (Å²) < 4.78 is 2.85. The van der Waals surface area contributed by atoms with Gasteiger partial charge in [0.05, 0.1) is 10.9 Å². The maximum absolute atomic E-state index is 5.90. The van der Waals surface area contributed by atoms with Crippen LogP contribution in [0.1, 0.15) is 30.4 Å². The lowest BCUT2D eigenvalue weighted by Crippen LogP contribution is -2.20. The maximum atomic E-state index is 5.90. The first-order valence-electron chi connectivity index (χ1n) is 6.60. The van der Waals surface area contributed by atoms with Gasteiger partial charge >= 0.3 is 0 Å². The smallest absolute Gasteiger partial charge is 0.150 e. The van der Waals surface area contributed by atoms with Gasteiger partial charge in [-0.05, 0) is 12.1 Å². The van der Waals surface area contributed by atoms with E-state index in [9.17, 15) is 0 Å². The Bertz CT molecular complexity index is 520. The standard InChI is InChI=1S/C13H19ClN4S/c1-3-12-16-13(4-2)18(17-12)8-7-15-9-10-5-6-11(14)19-10/h5-6,15H,3-4,7-9H2,1-2H3. The lowest BCUT2D eigenvalue weighted by molar-refractivity contribution is 0.534. The molecule has 19 heavy (non-hydrogen) atoms. The van der Waals surface area contributed by atoms with Crippen LogP contribution in [0.5, 0.6) is 0 Å². The van der Waals surface area contributed by atoms with Crippen LogP contribution in [0.3, 0.4) is 0 Å². The Morgan fingerprint density at radius 2 is 2.16 bits per heavy atom. The summed E-state index contributed by atoms with van der Waals surface area (Å²) in [6.07, 6.45) is 1.81. The van der Waals surface area contributed by atoms with E-state index in [1.807, 2.05) is 10.7 Å². The summed E-state index contributed by atoms with van der Waals surface area (Å²) in [6.45, 7) is 6.79. The largest absolute Gasteiger partial charge is 0.310 e. The second-order valence-electron chi connectivity index (χ2n) is 4.26. The van der Waals surface area contributed by atoms with Gasteiger partial charge in [-0.25, -0.2) is 9.67 Å². The molecule has 0 bridgehead atoms. The monoisotopic (exact) mass is 298 g/mol. The molecule has 0 fully saturated rings. The number of nitrogens with zero attached hydrogens (tertiary/aromatic N) is 3. The highest BCUT2D eigenvalue weighted by Gasteiger charge is 2.06. The molecule has 2 aromatic rings. The number of nitrogens with one attached hydrogen (secondary N) is 1. The van der Waals surface area contributed by atoms with Gasteiger partial charge in [-0.1, -0.05) is 25.4 Å². The van der Waals surface area contributed by atoms with Gasteiger partial charge in [-0.2, -0.15) is 5.10 Å². The minimum Gasteiger partial charge on any atom is -0.310 e. The van der Waals surface area contributed by atoms with Crippen LogP contribution in [0.15, 0.2) is 12.1 Å². The third-order valence-corrected chi connectivity index (χ3v) is 4.08. The van der Waals surface area contributed by atoms with Crippen LogP contribution in [0, 0.1) is 0 Å². The molecular weight excluding hydrogens is 280 g/mol. The molecule has 0 spiro atoms. The highest BCUT2D eigenvalue weighted by atomic mass is 35.5. The molecule has 1 N–H and O–H groups in total. The lowest BCUT2D eigenvalue weighted by atomic mass is 10.4.